The van der Waals surface area contributed by atoms with E-state index in [4.69, 9.17) is 0 Å². The van der Waals surface area contributed by atoms with Crippen molar-refractivity contribution in [1.29, 1.82) is 0 Å². The van der Waals surface area contributed by atoms with Gasteiger partial charge in [-0.05, 0) is 0 Å². The van der Waals surface area contributed by atoms with Crippen LogP contribution >= 0.6 is 0 Å². The monoisotopic (exact) mass is 982 g/mol. The summed E-state index contributed by atoms with van der Waals surface area (Å²) in [7, 11) is 0. The molecule has 4 fully saturated rings. The summed E-state index contributed by atoms with van der Waals surface area (Å²) in [6, 6.07) is 0. The molecule has 0 aromatic carbocycles. The Morgan fingerprint density at radius 2 is 0.519 bits per heavy atom. The average Bonchev–Trinajstić information content (AvgIpc) is 3.24. The summed E-state index contributed by atoms with van der Waals surface area (Å²) in [5, 5.41) is 99.6. The third-order valence-corrected chi connectivity index (χ3v) is 19.9. The number of hydrogen-bond donors (Lipinski definition) is 10. The van der Waals surface area contributed by atoms with E-state index in [0.29, 0.717) is 0 Å². The van der Waals surface area contributed by atoms with E-state index in [0.717, 1.165) is 0 Å². The fourth-order valence-corrected chi connectivity index (χ4v) is 17.3. The molecule has 10 N–H and O–H groups in total. The second kappa shape index (κ2) is 13.4. The second-order valence-electron chi connectivity index (χ2n) is 10.0. The normalized spacial score (nSPS) is 36.3. The first kappa shape index (κ1) is 40.7. The molecule has 4 aliphatic heterocycles. The second-order valence-corrected chi connectivity index (χ2v) is 23.8. The van der Waals surface area contributed by atoms with Crippen LogP contribution in [-0.2, 0) is 78.1 Å². The molecule has 4 saturated heterocycles. The van der Waals surface area contributed by atoms with Crippen LogP contribution in [0.5, 0.6) is 0 Å². The molecule has 32 heteroatoms. The van der Waals surface area contributed by atoms with E-state index < -0.39 is 160 Å². The fraction of sp³-hybridized carbons (Fsp3) is 0.500. The van der Waals surface area contributed by atoms with Crippen molar-refractivity contribution in [2.75, 3.05) is 0 Å². The number of carbonyl (C=O) groups excluding carboxylic acids is 10. The molecule has 0 amide bonds. The van der Waals surface area contributed by atoms with Gasteiger partial charge in [0, 0.05) is 0 Å². The molecule has 52 heavy (non-hydrogen) atoms. The first-order valence-electron chi connectivity index (χ1n) is 13.0. The van der Waals surface area contributed by atoms with E-state index in [1.165, 1.54) is 0 Å². The van der Waals surface area contributed by atoms with Gasteiger partial charge >= 0.3 is 289 Å². The minimum absolute atomic E-state index is 2.37. The van der Waals surface area contributed by atoms with Crippen molar-refractivity contribution in [1.82, 2.24) is 0 Å². The van der Waals surface area contributed by atoms with Gasteiger partial charge in [0.1, 0.15) is 0 Å². The van der Waals surface area contributed by atoms with E-state index in [9.17, 15) is 99.0 Å². The Balaban J connectivity index is 1.77. The van der Waals surface area contributed by atoms with E-state index >= 15 is 0 Å². The van der Waals surface area contributed by atoms with Crippen LogP contribution < -0.4 is 0 Å². The van der Waals surface area contributed by atoms with Crippen molar-refractivity contribution in [3.8, 4) is 0 Å². The molecule has 0 aromatic heterocycles. The predicted octanol–water partition coefficient (Wildman–Crippen LogP) is -12.1. The van der Waals surface area contributed by atoms with Gasteiger partial charge in [0.05, 0.1) is 0 Å². The van der Waals surface area contributed by atoms with Crippen LogP contribution in [0.2, 0.25) is 0 Å². The van der Waals surface area contributed by atoms with Crippen LogP contribution in [0.4, 0.5) is 0 Å². The third kappa shape index (κ3) is 6.90. The van der Waals surface area contributed by atoms with Gasteiger partial charge in [-0.15, -0.1) is 0 Å². The van der Waals surface area contributed by atoms with Gasteiger partial charge in [-0.1, -0.05) is 0 Å². The molecule has 4 heterocycles. The standard InChI is InChI=1S/5C4H6O6.2Sb/c5*5-1(3(7)8)2(6)4(9)10;;/h5*1-2,5-6H,(H,7,8)(H,9,10);;/q;;;;;2*+5/p-10. The molecular weight excluding hydrogens is 964 g/mol. The SMILES string of the molecule is O=C([O][Sb]12([O]C(=O)C(O)C(O)C(=O)[O]1)[O]C(=O)C(O)C(O)C(=O)[O]2)C(O)C(O)C(=O)[O][Sb]12([O]C(=O)C(O)C(O)C(=O)[O]1)[O]C(=O)C(O)C(O)C(=O)[O]2. The van der Waals surface area contributed by atoms with Crippen LogP contribution in [0.25, 0.3) is 0 Å². The summed E-state index contributed by atoms with van der Waals surface area (Å²) in [4.78, 5) is 126. The summed E-state index contributed by atoms with van der Waals surface area (Å²) in [5.74, 6) is -24.6. The van der Waals surface area contributed by atoms with Crippen LogP contribution in [0, 0.1) is 0 Å². The number of aliphatic hydroxyl groups is 10. The Bertz CT molecular complexity index is 1350. The zero-order chi connectivity index (χ0) is 39.5. The first-order valence-corrected chi connectivity index (χ1v) is 23.5. The quantitative estimate of drug-likeness (QED) is 0.114. The van der Waals surface area contributed by atoms with E-state index in [-0.39, 0.29) is 0 Å². The van der Waals surface area contributed by atoms with Gasteiger partial charge in [0.25, 0.3) is 0 Å². The summed E-state index contributed by atoms with van der Waals surface area (Å²) in [6.45, 7) is 0. The number of rotatable bonds is 5. The molecule has 10 unspecified atom stereocenters. The number of carbonyl (C=O) groups is 10. The third-order valence-electron chi connectivity index (χ3n) is 6.30. The Morgan fingerprint density at radius 1 is 0.385 bits per heavy atom. The molecule has 30 nitrogen and oxygen atoms in total. The molecule has 10 atom stereocenters. The molecule has 0 aliphatic carbocycles. The molecule has 0 saturated carbocycles. The molecular formula is C20H20O30Sb2. The molecule has 4 aliphatic rings. The molecule has 0 aromatic rings. The van der Waals surface area contributed by atoms with Crippen LogP contribution in [0.3, 0.4) is 0 Å². The van der Waals surface area contributed by atoms with E-state index in [1.54, 1.807) is 0 Å². The van der Waals surface area contributed by atoms with Crippen LogP contribution in [0.1, 0.15) is 0 Å². The predicted molar refractivity (Wildman–Crippen MR) is 132 cm³/mol. The minimum atomic E-state index is -8.85. The zero-order valence-electron chi connectivity index (χ0n) is 24.3. The van der Waals surface area contributed by atoms with Gasteiger partial charge in [0.15, 0.2) is 0 Å². The number of aliphatic hydroxyl groups excluding tert-OH is 10. The van der Waals surface area contributed by atoms with Crippen molar-refractivity contribution in [3.63, 3.8) is 0 Å². The Hall–Kier alpha value is -4.06. The summed E-state index contributed by atoms with van der Waals surface area (Å²) < 4.78 is 44.2. The van der Waals surface area contributed by atoms with Crippen molar-refractivity contribution in [2.45, 2.75) is 61.0 Å². The zero-order valence-corrected chi connectivity index (χ0v) is 29.4. The van der Waals surface area contributed by atoms with E-state index in [1.807, 2.05) is 0 Å². The molecule has 0 bridgehead atoms. The topological polar surface area (TPSA) is 465 Å². The molecule has 290 valence electrons. The first-order chi connectivity index (χ1) is 23.8. The van der Waals surface area contributed by atoms with Gasteiger partial charge in [-0.25, -0.2) is 0 Å². The van der Waals surface area contributed by atoms with Gasteiger partial charge in [0.2, 0.25) is 0 Å². The molecule has 4 rings (SSSR count). The average molecular weight is 984 g/mol. The van der Waals surface area contributed by atoms with Gasteiger partial charge in [-0.3, -0.25) is 0 Å². The van der Waals surface area contributed by atoms with E-state index in [2.05, 4.69) is 30.2 Å². The Kier molecular flexibility index (Phi) is 10.5. The summed E-state index contributed by atoms with van der Waals surface area (Å²) in [5.41, 5.74) is 0. The van der Waals surface area contributed by atoms with Crippen LogP contribution in [-0.4, -0.2) is 211 Å². The van der Waals surface area contributed by atoms with Crippen molar-refractivity contribution < 1.29 is 129 Å². The fourth-order valence-electron chi connectivity index (χ4n) is 3.67. The van der Waals surface area contributed by atoms with Gasteiger partial charge < -0.3 is 0 Å². The summed E-state index contributed by atoms with van der Waals surface area (Å²) >= 11 is -17.7. The Labute approximate surface area is 288 Å². The maximum absolute atomic E-state index is 13.1. The maximum atomic E-state index is 13.1. The summed E-state index contributed by atoms with van der Waals surface area (Å²) in [6.07, 6.45) is -31.6. The van der Waals surface area contributed by atoms with Crippen molar-refractivity contribution in [3.05, 3.63) is 0 Å². The molecule has 2 spiro atoms. The number of hydrogen-bond acceptors (Lipinski definition) is 30. The van der Waals surface area contributed by atoms with Crippen LogP contribution in [0.15, 0.2) is 0 Å². The van der Waals surface area contributed by atoms with Gasteiger partial charge in [-0.2, -0.15) is 0 Å². The van der Waals surface area contributed by atoms with Crippen molar-refractivity contribution >= 4 is 98.7 Å². The Morgan fingerprint density at radius 3 is 0.654 bits per heavy atom. The molecule has 0 radical (unpaired) electrons. The van der Waals surface area contributed by atoms with Crippen molar-refractivity contribution in [2.24, 2.45) is 0 Å².